The maximum Gasteiger partial charge on any atom is 0.254 e. The van der Waals surface area contributed by atoms with E-state index in [0.717, 1.165) is 11.0 Å². The molecule has 1 saturated heterocycles. The van der Waals surface area contributed by atoms with Gasteiger partial charge in [0.15, 0.2) is 11.5 Å². The van der Waals surface area contributed by atoms with Gasteiger partial charge in [-0.05, 0) is 31.5 Å². The van der Waals surface area contributed by atoms with Gasteiger partial charge in [-0.1, -0.05) is 0 Å². The molecular formula is C22H26N8O3. The number of imidazole rings is 2. The molecule has 0 unspecified atom stereocenters. The van der Waals surface area contributed by atoms with E-state index in [1.54, 1.807) is 36.2 Å². The highest BCUT2D eigenvalue weighted by Gasteiger charge is 2.41. The number of likely N-dealkylation sites (tertiary alicyclic amines) is 1. The summed E-state index contributed by atoms with van der Waals surface area (Å²) in [6.45, 7) is 3.79. The first-order valence-corrected chi connectivity index (χ1v) is 10.8. The molecule has 1 aliphatic heterocycles. The minimum Gasteiger partial charge on any atom is -0.388 e. The standard InChI is InChI=1S/C22H26N8O3/c1-22(32)5-6-28(10-17(22)30-13-27-18-19(23)24-11-25-20(18)30)21(31)14-3-4-16-15(9-14)26-12-29(16)7-8-33-2/h3-4,9,11-13,17,32H,5-8,10H2,1-2H3,(H2,23,24,25)/t17-,22-/m1/s1. The van der Waals surface area contributed by atoms with Crippen LogP contribution in [0.3, 0.4) is 0 Å². The van der Waals surface area contributed by atoms with E-state index in [-0.39, 0.29) is 11.7 Å². The van der Waals surface area contributed by atoms with E-state index < -0.39 is 11.6 Å². The second-order valence-electron chi connectivity index (χ2n) is 8.59. The summed E-state index contributed by atoms with van der Waals surface area (Å²) in [5.74, 6) is 0.169. The number of aromatic nitrogens is 6. The fourth-order valence-electron chi connectivity index (χ4n) is 4.44. The Labute approximate surface area is 189 Å². The molecule has 1 aliphatic rings. The van der Waals surface area contributed by atoms with Crippen LogP contribution in [0.5, 0.6) is 0 Å². The molecular weight excluding hydrogens is 424 g/mol. The number of aliphatic hydroxyl groups is 1. The number of anilines is 1. The Kier molecular flexibility index (Phi) is 5.22. The second-order valence-corrected chi connectivity index (χ2v) is 8.59. The van der Waals surface area contributed by atoms with Gasteiger partial charge in [-0.3, -0.25) is 4.79 Å². The highest BCUT2D eigenvalue weighted by molar-refractivity contribution is 5.97. The topological polar surface area (TPSA) is 137 Å². The van der Waals surface area contributed by atoms with Crippen molar-refractivity contribution in [3.63, 3.8) is 0 Å². The number of rotatable bonds is 5. The van der Waals surface area contributed by atoms with Gasteiger partial charge in [0.2, 0.25) is 0 Å². The average molecular weight is 451 g/mol. The first-order valence-electron chi connectivity index (χ1n) is 10.8. The van der Waals surface area contributed by atoms with Gasteiger partial charge in [-0.15, -0.1) is 0 Å². The van der Waals surface area contributed by atoms with Crippen molar-refractivity contribution in [2.45, 2.75) is 31.5 Å². The molecule has 172 valence electrons. The van der Waals surface area contributed by atoms with Crippen molar-refractivity contribution >= 4 is 33.9 Å². The number of benzene rings is 1. The lowest BCUT2D eigenvalue weighted by molar-refractivity contribution is -0.0433. The molecule has 0 aliphatic carbocycles. The number of carbonyl (C=O) groups excluding carboxylic acids is 1. The molecule has 11 heteroatoms. The monoisotopic (exact) mass is 450 g/mol. The van der Waals surface area contributed by atoms with Gasteiger partial charge in [0.05, 0.1) is 41.9 Å². The Morgan fingerprint density at radius 2 is 2.12 bits per heavy atom. The molecule has 1 aromatic carbocycles. The quantitative estimate of drug-likeness (QED) is 0.463. The van der Waals surface area contributed by atoms with Crippen molar-refractivity contribution in [1.29, 1.82) is 0 Å². The predicted molar refractivity (Wildman–Crippen MR) is 122 cm³/mol. The zero-order valence-corrected chi connectivity index (χ0v) is 18.5. The van der Waals surface area contributed by atoms with Gasteiger partial charge >= 0.3 is 0 Å². The van der Waals surface area contributed by atoms with Crippen LogP contribution in [0.4, 0.5) is 5.82 Å². The Hall–Kier alpha value is -3.57. The third-order valence-corrected chi connectivity index (χ3v) is 6.41. The molecule has 4 aromatic rings. The number of nitrogen functional groups attached to an aromatic ring is 1. The normalized spacial score (nSPS) is 21.2. The van der Waals surface area contributed by atoms with Crippen LogP contribution in [0, 0.1) is 0 Å². The Bertz CT molecular complexity index is 1330. The van der Waals surface area contributed by atoms with Gasteiger partial charge in [0, 0.05) is 32.3 Å². The van der Waals surface area contributed by atoms with Crippen molar-refractivity contribution in [3.8, 4) is 0 Å². The van der Waals surface area contributed by atoms with Crippen molar-refractivity contribution in [1.82, 2.24) is 34.0 Å². The van der Waals surface area contributed by atoms with Crippen LogP contribution in [0.25, 0.3) is 22.2 Å². The largest absolute Gasteiger partial charge is 0.388 e. The Morgan fingerprint density at radius 1 is 1.27 bits per heavy atom. The molecule has 0 spiro atoms. The van der Waals surface area contributed by atoms with Crippen LogP contribution in [-0.4, -0.2) is 77.4 Å². The number of piperidine rings is 1. The molecule has 11 nitrogen and oxygen atoms in total. The van der Waals surface area contributed by atoms with Crippen molar-refractivity contribution in [2.75, 3.05) is 32.5 Å². The first kappa shape index (κ1) is 21.3. The lowest BCUT2D eigenvalue weighted by Gasteiger charge is -2.43. The summed E-state index contributed by atoms with van der Waals surface area (Å²) >= 11 is 0. The SMILES string of the molecule is COCCn1cnc2cc(C(=O)N3CC[C@@](C)(O)[C@H](n4cnc5c(N)ncnc54)C3)ccc21. The average Bonchev–Trinajstić information content (AvgIpc) is 3.41. The molecule has 5 rings (SSSR count). The van der Waals surface area contributed by atoms with Crippen LogP contribution >= 0.6 is 0 Å². The van der Waals surface area contributed by atoms with Crippen LogP contribution in [-0.2, 0) is 11.3 Å². The molecule has 1 fully saturated rings. The number of nitrogens with zero attached hydrogens (tertiary/aromatic N) is 7. The number of hydrogen-bond acceptors (Lipinski definition) is 8. The maximum absolute atomic E-state index is 13.4. The third-order valence-electron chi connectivity index (χ3n) is 6.41. The Balaban J connectivity index is 1.43. The molecule has 2 atom stereocenters. The predicted octanol–water partition coefficient (Wildman–Crippen LogP) is 1.24. The Morgan fingerprint density at radius 3 is 2.94 bits per heavy atom. The summed E-state index contributed by atoms with van der Waals surface area (Å²) in [4.78, 5) is 32.2. The van der Waals surface area contributed by atoms with Crippen LogP contribution in [0.1, 0.15) is 29.7 Å². The van der Waals surface area contributed by atoms with Gasteiger partial charge in [-0.25, -0.2) is 19.9 Å². The van der Waals surface area contributed by atoms with E-state index >= 15 is 0 Å². The summed E-state index contributed by atoms with van der Waals surface area (Å²) < 4.78 is 8.93. The van der Waals surface area contributed by atoms with Gasteiger partial charge in [-0.2, -0.15) is 0 Å². The number of carbonyl (C=O) groups is 1. The highest BCUT2D eigenvalue weighted by Crippen LogP contribution is 2.34. The highest BCUT2D eigenvalue weighted by atomic mass is 16.5. The number of fused-ring (bicyclic) bond motifs is 2. The number of ether oxygens (including phenoxy) is 1. The van der Waals surface area contributed by atoms with Crippen molar-refractivity contribution in [2.24, 2.45) is 0 Å². The summed E-state index contributed by atoms with van der Waals surface area (Å²) in [6, 6.07) is 5.10. The van der Waals surface area contributed by atoms with Crippen LogP contribution in [0.2, 0.25) is 0 Å². The van der Waals surface area contributed by atoms with Gasteiger partial charge in [0.25, 0.3) is 5.91 Å². The fourth-order valence-corrected chi connectivity index (χ4v) is 4.44. The minimum absolute atomic E-state index is 0.109. The lowest BCUT2D eigenvalue weighted by atomic mass is 9.87. The van der Waals surface area contributed by atoms with E-state index in [9.17, 15) is 9.90 Å². The van der Waals surface area contributed by atoms with Crippen LogP contribution < -0.4 is 5.73 Å². The number of amides is 1. The maximum atomic E-state index is 13.4. The smallest absolute Gasteiger partial charge is 0.254 e. The summed E-state index contributed by atoms with van der Waals surface area (Å²) in [6.07, 6.45) is 5.14. The van der Waals surface area contributed by atoms with E-state index in [1.165, 1.54) is 6.33 Å². The molecule has 3 aromatic heterocycles. The molecule has 33 heavy (non-hydrogen) atoms. The zero-order valence-electron chi connectivity index (χ0n) is 18.5. The number of methoxy groups -OCH3 is 1. The molecule has 0 bridgehead atoms. The molecule has 0 saturated carbocycles. The molecule has 4 heterocycles. The second kappa shape index (κ2) is 8.09. The van der Waals surface area contributed by atoms with Crippen LogP contribution in [0.15, 0.2) is 37.2 Å². The summed E-state index contributed by atoms with van der Waals surface area (Å²) in [7, 11) is 1.66. The third kappa shape index (κ3) is 3.68. The van der Waals surface area contributed by atoms with Crippen molar-refractivity contribution in [3.05, 3.63) is 42.7 Å². The van der Waals surface area contributed by atoms with E-state index in [4.69, 9.17) is 10.5 Å². The zero-order chi connectivity index (χ0) is 23.2. The number of hydrogen-bond donors (Lipinski definition) is 2. The minimum atomic E-state index is -1.05. The van der Waals surface area contributed by atoms with Gasteiger partial charge < -0.3 is 29.6 Å². The van der Waals surface area contributed by atoms with E-state index in [2.05, 4.69) is 19.9 Å². The lowest BCUT2D eigenvalue weighted by Crippen LogP contribution is -2.52. The van der Waals surface area contributed by atoms with E-state index in [1.807, 2.05) is 22.8 Å². The van der Waals surface area contributed by atoms with E-state index in [0.29, 0.717) is 49.4 Å². The summed E-state index contributed by atoms with van der Waals surface area (Å²) in [5, 5.41) is 11.1. The fraction of sp³-hybridized carbons (Fsp3) is 0.409. The molecule has 0 radical (unpaired) electrons. The first-order chi connectivity index (χ1) is 15.9. The summed E-state index contributed by atoms with van der Waals surface area (Å²) in [5.41, 5.74) is 8.15. The van der Waals surface area contributed by atoms with Gasteiger partial charge in [0.1, 0.15) is 11.8 Å². The van der Waals surface area contributed by atoms with Crippen molar-refractivity contribution < 1.29 is 14.6 Å². The molecule has 1 amide bonds. The number of nitrogens with two attached hydrogens (primary N) is 1. The molecule has 3 N–H and O–H groups in total.